The van der Waals surface area contributed by atoms with Crippen molar-refractivity contribution in [3.63, 3.8) is 0 Å². The first-order chi connectivity index (χ1) is 8.52. The molecule has 1 fully saturated rings. The predicted molar refractivity (Wildman–Crippen MR) is 74.7 cm³/mol. The van der Waals surface area contributed by atoms with Gasteiger partial charge in [0.1, 0.15) is 5.75 Å². The summed E-state index contributed by atoms with van der Waals surface area (Å²) in [6, 6.07) is 6.76. The van der Waals surface area contributed by atoms with Crippen LogP contribution in [0, 0.1) is 5.92 Å². The van der Waals surface area contributed by atoms with Crippen LogP contribution < -0.4 is 16.2 Å². The van der Waals surface area contributed by atoms with Crippen molar-refractivity contribution in [2.24, 2.45) is 17.4 Å². The molecule has 2 rings (SSSR count). The Morgan fingerprint density at radius 2 is 1.94 bits per heavy atom. The van der Waals surface area contributed by atoms with Crippen LogP contribution >= 0.6 is 0 Å². The van der Waals surface area contributed by atoms with Gasteiger partial charge in [-0.3, -0.25) is 0 Å². The molecule has 0 aliphatic heterocycles. The summed E-state index contributed by atoms with van der Waals surface area (Å²) >= 11 is 0. The third kappa shape index (κ3) is 2.52. The topological polar surface area (TPSA) is 61.3 Å². The minimum Gasteiger partial charge on any atom is -0.496 e. The van der Waals surface area contributed by atoms with Crippen molar-refractivity contribution >= 4 is 0 Å². The van der Waals surface area contributed by atoms with Crippen molar-refractivity contribution in [1.82, 2.24) is 0 Å². The second-order valence-electron chi connectivity index (χ2n) is 5.67. The molecule has 1 aromatic rings. The molecule has 0 amide bonds. The number of benzene rings is 1. The molecular weight excluding hydrogens is 224 g/mol. The van der Waals surface area contributed by atoms with E-state index >= 15 is 0 Å². The molecule has 0 bridgehead atoms. The summed E-state index contributed by atoms with van der Waals surface area (Å²) < 4.78 is 5.40. The summed E-state index contributed by atoms with van der Waals surface area (Å²) in [5.41, 5.74) is 14.6. The number of nitrogens with two attached hydrogens (primary N) is 2. The second-order valence-corrected chi connectivity index (χ2v) is 5.67. The van der Waals surface area contributed by atoms with Gasteiger partial charge in [0.25, 0.3) is 0 Å². The van der Waals surface area contributed by atoms with Gasteiger partial charge in [-0.05, 0) is 41.9 Å². The fraction of sp³-hybridized carbons (Fsp3) is 0.600. The summed E-state index contributed by atoms with van der Waals surface area (Å²) in [6.07, 6.45) is 2.09. The van der Waals surface area contributed by atoms with Gasteiger partial charge >= 0.3 is 0 Å². The van der Waals surface area contributed by atoms with E-state index in [0.717, 1.165) is 18.6 Å². The molecule has 1 aliphatic rings. The summed E-state index contributed by atoms with van der Waals surface area (Å²) in [5.74, 6) is 1.93. The Bertz CT molecular complexity index is 411. The van der Waals surface area contributed by atoms with E-state index in [-0.39, 0.29) is 6.04 Å². The van der Waals surface area contributed by atoms with Gasteiger partial charge < -0.3 is 16.2 Å². The molecule has 1 atom stereocenters. The Hall–Kier alpha value is -1.06. The molecule has 1 aromatic carbocycles. The Balaban J connectivity index is 2.21. The van der Waals surface area contributed by atoms with Crippen molar-refractivity contribution in [3.05, 3.63) is 29.3 Å². The molecule has 0 heterocycles. The molecule has 4 N–H and O–H groups in total. The van der Waals surface area contributed by atoms with E-state index in [1.54, 1.807) is 7.11 Å². The lowest BCUT2D eigenvalue weighted by molar-refractivity contribution is 0.224. The number of hydrogen-bond acceptors (Lipinski definition) is 3. The molecule has 0 spiro atoms. The van der Waals surface area contributed by atoms with Gasteiger partial charge in [-0.15, -0.1) is 0 Å². The molecule has 3 heteroatoms. The van der Waals surface area contributed by atoms with Gasteiger partial charge in [-0.2, -0.15) is 0 Å². The SMILES string of the molecule is COc1ccc(C(N)C2CC(N)C2)cc1C(C)C. The van der Waals surface area contributed by atoms with Crippen LogP contribution in [0.4, 0.5) is 0 Å². The molecule has 3 nitrogen and oxygen atoms in total. The van der Waals surface area contributed by atoms with E-state index in [4.69, 9.17) is 16.2 Å². The molecule has 0 aromatic heterocycles. The maximum Gasteiger partial charge on any atom is 0.122 e. The molecule has 0 saturated heterocycles. The van der Waals surface area contributed by atoms with E-state index in [0.29, 0.717) is 17.9 Å². The zero-order valence-electron chi connectivity index (χ0n) is 11.5. The van der Waals surface area contributed by atoms with Gasteiger partial charge in [0.05, 0.1) is 7.11 Å². The third-order valence-electron chi connectivity index (χ3n) is 3.98. The maximum absolute atomic E-state index is 6.33. The molecule has 1 aliphatic carbocycles. The van der Waals surface area contributed by atoms with Crippen molar-refractivity contribution in [3.8, 4) is 5.75 Å². The Morgan fingerprint density at radius 1 is 1.28 bits per heavy atom. The highest BCUT2D eigenvalue weighted by atomic mass is 16.5. The van der Waals surface area contributed by atoms with Gasteiger partial charge in [-0.1, -0.05) is 26.0 Å². The molecule has 0 radical (unpaired) electrons. The number of methoxy groups -OCH3 is 1. The van der Waals surface area contributed by atoms with E-state index < -0.39 is 0 Å². The Morgan fingerprint density at radius 3 is 2.44 bits per heavy atom. The highest BCUT2D eigenvalue weighted by Crippen LogP contribution is 2.37. The average molecular weight is 248 g/mol. The normalized spacial score (nSPS) is 24.8. The molecule has 100 valence electrons. The summed E-state index contributed by atoms with van der Waals surface area (Å²) in [4.78, 5) is 0. The third-order valence-corrected chi connectivity index (χ3v) is 3.98. The maximum atomic E-state index is 6.33. The van der Waals surface area contributed by atoms with Crippen LogP contribution in [-0.4, -0.2) is 13.2 Å². The van der Waals surface area contributed by atoms with E-state index in [1.807, 2.05) is 6.07 Å². The van der Waals surface area contributed by atoms with Crippen molar-refractivity contribution < 1.29 is 4.74 Å². The number of rotatable bonds is 4. The lowest BCUT2D eigenvalue weighted by Gasteiger charge is -2.37. The summed E-state index contributed by atoms with van der Waals surface area (Å²) in [5, 5.41) is 0. The van der Waals surface area contributed by atoms with Crippen LogP contribution in [0.15, 0.2) is 18.2 Å². The highest BCUT2D eigenvalue weighted by molar-refractivity contribution is 5.40. The standard InChI is InChI=1S/C15H24N2O/c1-9(2)13-8-10(4-5-14(13)18-3)15(17)11-6-12(16)7-11/h4-5,8-9,11-12,15H,6-7,16-17H2,1-3H3. The van der Waals surface area contributed by atoms with Gasteiger partial charge in [0, 0.05) is 12.1 Å². The second kappa shape index (κ2) is 5.29. The molecular formula is C15H24N2O. The quantitative estimate of drug-likeness (QED) is 0.861. The van der Waals surface area contributed by atoms with Crippen LogP contribution in [0.1, 0.15) is 49.8 Å². The first-order valence-electron chi connectivity index (χ1n) is 6.72. The summed E-state index contributed by atoms with van der Waals surface area (Å²) in [6.45, 7) is 4.35. The van der Waals surface area contributed by atoms with Crippen LogP contribution in [0.5, 0.6) is 5.75 Å². The molecule has 1 saturated carbocycles. The lowest BCUT2D eigenvalue weighted by Crippen LogP contribution is -2.41. The lowest BCUT2D eigenvalue weighted by atomic mass is 9.74. The van der Waals surface area contributed by atoms with E-state index in [2.05, 4.69) is 26.0 Å². The van der Waals surface area contributed by atoms with E-state index in [1.165, 1.54) is 11.1 Å². The molecule has 1 unspecified atom stereocenters. The van der Waals surface area contributed by atoms with Gasteiger partial charge in [-0.25, -0.2) is 0 Å². The van der Waals surface area contributed by atoms with Crippen molar-refractivity contribution in [2.45, 2.75) is 44.7 Å². The highest BCUT2D eigenvalue weighted by Gasteiger charge is 2.31. The predicted octanol–water partition coefficient (Wildman–Crippen LogP) is 2.56. The van der Waals surface area contributed by atoms with Crippen LogP contribution in [-0.2, 0) is 0 Å². The smallest absolute Gasteiger partial charge is 0.122 e. The Kier molecular flexibility index (Phi) is 3.93. The van der Waals surface area contributed by atoms with Crippen molar-refractivity contribution in [2.75, 3.05) is 7.11 Å². The number of ether oxygens (including phenoxy) is 1. The average Bonchev–Trinajstić information content (AvgIpc) is 2.33. The van der Waals surface area contributed by atoms with Crippen molar-refractivity contribution in [1.29, 1.82) is 0 Å². The zero-order chi connectivity index (χ0) is 13.3. The minimum atomic E-state index is 0.105. The summed E-state index contributed by atoms with van der Waals surface area (Å²) in [7, 11) is 1.71. The van der Waals surface area contributed by atoms with Gasteiger partial charge in [0.15, 0.2) is 0 Å². The fourth-order valence-electron chi connectivity index (χ4n) is 2.69. The first-order valence-corrected chi connectivity index (χ1v) is 6.72. The van der Waals surface area contributed by atoms with Crippen LogP contribution in [0.2, 0.25) is 0 Å². The zero-order valence-corrected chi connectivity index (χ0v) is 11.5. The van der Waals surface area contributed by atoms with Gasteiger partial charge in [0.2, 0.25) is 0 Å². The number of hydrogen-bond donors (Lipinski definition) is 2. The first kappa shape index (κ1) is 13.4. The monoisotopic (exact) mass is 248 g/mol. The minimum absolute atomic E-state index is 0.105. The van der Waals surface area contributed by atoms with Crippen LogP contribution in [0.3, 0.4) is 0 Å². The largest absolute Gasteiger partial charge is 0.496 e. The Labute approximate surface area is 110 Å². The molecule has 18 heavy (non-hydrogen) atoms. The fourth-order valence-corrected chi connectivity index (χ4v) is 2.69. The van der Waals surface area contributed by atoms with Crippen LogP contribution in [0.25, 0.3) is 0 Å². The van der Waals surface area contributed by atoms with E-state index in [9.17, 15) is 0 Å².